The maximum Gasteiger partial charge on any atom is 0.317 e. The largest absolute Gasteiger partial charge is 0.317 e. The summed E-state index contributed by atoms with van der Waals surface area (Å²) in [6.07, 6.45) is -0.471. The van der Waals surface area contributed by atoms with E-state index in [1.807, 2.05) is 0 Å². The van der Waals surface area contributed by atoms with Gasteiger partial charge in [-0.3, -0.25) is 9.63 Å². The second kappa shape index (κ2) is 4.35. The topological polar surface area (TPSA) is 29.5 Å². The van der Waals surface area contributed by atoms with Gasteiger partial charge < -0.3 is 0 Å². The van der Waals surface area contributed by atoms with E-state index < -0.39 is 12.3 Å². The smallest absolute Gasteiger partial charge is 0.271 e. The first-order valence-electron chi connectivity index (χ1n) is 3.94. The minimum atomic E-state index is -2.96. The molecule has 3 nitrogen and oxygen atoms in total. The highest BCUT2D eigenvalue weighted by Crippen LogP contribution is 2.09. The fourth-order valence-electron chi connectivity index (χ4n) is 1.06. The zero-order valence-corrected chi connectivity index (χ0v) is 6.63. The summed E-state index contributed by atoms with van der Waals surface area (Å²) >= 11 is 0. The number of carbonyl (C=O) groups is 1. The van der Waals surface area contributed by atoms with E-state index in [-0.39, 0.29) is 6.54 Å². The van der Waals surface area contributed by atoms with Crippen LogP contribution >= 0.6 is 0 Å². The molecular formula is C7H11F2NO2. The molecule has 70 valence electrons. The Kier molecular flexibility index (Phi) is 3.40. The van der Waals surface area contributed by atoms with Crippen LogP contribution in [0, 0.1) is 0 Å². The number of hydroxylamine groups is 2. The summed E-state index contributed by atoms with van der Waals surface area (Å²) < 4.78 is 23.7. The van der Waals surface area contributed by atoms with E-state index in [4.69, 9.17) is 4.84 Å². The summed E-state index contributed by atoms with van der Waals surface area (Å²) in [6.45, 7) is 0.641. The zero-order chi connectivity index (χ0) is 8.97. The van der Waals surface area contributed by atoms with Crippen LogP contribution in [0.3, 0.4) is 0 Å². The second-order valence-electron chi connectivity index (χ2n) is 2.63. The number of alkyl halides is 2. The molecule has 0 aliphatic carbocycles. The van der Waals surface area contributed by atoms with E-state index in [9.17, 15) is 13.6 Å². The van der Waals surface area contributed by atoms with E-state index in [1.54, 1.807) is 0 Å². The van der Waals surface area contributed by atoms with Crippen LogP contribution < -0.4 is 0 Å². The minimum Gasteiger partial charge on any atom is -0.271 e. The standard InChI is InChI=1S/C7H11F2NO2/c8-6(9)7(11)10-4-2-1-3-5-12-10/h6H,1-5H2. The summed E-state index contributed by atoms with van der Waals surface area (Å²) in [6, 6.07) is 0. The third-order valence-corrected chi connectivity index (χ3v) is 1.69. The molecule has 1 saturated heterocycles. The van der Waals surface area contributed by atoms with Gasteiger partial charge in [-0.15, -0.1) is 0 Å². The second-order valence-corrected chi connectivity index (χ2v) is 2.63. The van der Waals surface area contributed by atoms with Crippen molar-refractivity contribution in [3.05, 3.63) is 0 Å². The maximum absolute atomic E-state index is 11.9. The molecule has 0 aromatic carbocycles. The van der Waals surface area contributed by atoms with E-state index in [0.29, 0.717) is 6.61 Å². The molecule has 0 spiro atoms. The molecule has 12 heavy (non-hydrogen) atoms. The number of hydrogen-bond donors (Lipinski definition) is 0. The highest BCUT2D eigenvalue weighted by Gasteiger charge is 2.24. The number of carbonyl (C=O) groups excluding carboxylic acids is 1. The van der Waals surface area contributed by atoms with Crippen molar-refractivity contribution in [1.82, 2.24) is 5.06 Å². The molecule has 0 N–H and O–H groups in total. The molecule has 1 aliphatic rings. The van der Waals surface area contributed by atoms with Gasteiger partial charge in [-0.25, -0.2) is 5.06 Å². The lowest BCUT2D eigenvalue weighted by molar-refractivity contribution is -0.194. The van der Waals surface area contributed by atoms with Crippen LogP contribution in [0.25, 0.3) is 0 Å². The van der Waals surface area contributed by atoms with Crippen molar-refractivity contribution < 1.29 is 18.4 Å². The monoisotopic (exact) mass is 179 g/mol. The first-order valence-corrected chi connectivity index (χ1v) is 3.94. The average molecular weight is 179 g/mol. The van der Waals surface area contributed by atoms with E-state index >= 15 is 0 Å². The molecular weight excluding hydrogens is 168 g/mol. The predicted molar refractivity (Wildman–Crippen MR) is 37.5 cm³/mol. The van der Waals surface area contributed by atoms with Crippen molar-refractivity contribution in [2.24, 2.45) is 0 Å². The van der Waals surface area contributed by atoms with Gasteiger partial charge >= 0.3 is 12.3 Å². The van der Waals surface area contributed by atoms with Crippen molar-refractivity contribution in [3.8, 4) is 0 Å². The summed E-state index contributed by atoms with van der Waals surface area (Å²) in [5.41, 5.74) is 0. The van der Waals surface area contributed by atoms with Gasteiger partial charge in [0.2, 0.25) is 0 Å². The Morgan fingerprint density at radius 3 is 2.75 bits per heavy atom. The normalized spacial score (nSPS) is 19.4. The first-order chi connectivity index (χ1) is 5.72. The molecule has 0 bridgehead atoms. The Hall–Kier alpha value is -0.710. The summed E-state index contributed by atoms with van der Waals surface area (Å²) in [5.74, 6) is -1.23. The molecule has 1 fully saturated rings. The fourth-order valence-corrected chi connectivity index (χ4v) is 1.06. The van der Waals surface area contributed by atoms with Crippen LogP contribution in [0.5, 0.6) is 0 Å². The summed E-state index contributed by atoms with van der Waals surface area (Å²) in [4.78, 5) is 15.5. The first kappa shape index (κ1) is 9.38. The Morgan fingerprint density at radius 1 is 1.33 bits per heavy atom. The van der Waals surface area contributed by atoms with Gasteiger partial charge in [0.1, 0.15) is 0 Å². The Bertz CT molecular complexity index is 155. The van der Waals surface area contributed by atoms with Gasteiger partial charge in [0.15, 0.2) is 0 Å². The molecule has 0 aromatic heterocycles. The highest BCUT2D eigenvalue weighted by atomic mass is 19.3. The van der Waals surface area contributed by atoms with Crippen LogP contribution in [0.4, 0.5) is 8.78 Å². The molecule has 0 atom stereocenters. The Morgan fingerprint density at radius 2 is 2.08 bits per heavy atom. The minimum absolute atomic E-state index is 0.281. The van der Waals surface area contributed by atoms with Crippen LogP contribution in [0.15, 0.2) is 0 Å². The predicted octanol–water partition coefficient (Wildman–Crippen LogP) is 1.20. The van der Waals surface area contributed by atoms with Crippen LogP contribution in [0.1, 0.15) is 19.3 Å². The summed E-state index contributed by atoms with van der Waals surface area (Å²) in [7, 11) is 0. The molecule has 5 heteroatoms. The van der Waals surface area contributed by atoms with Gasteiger partial charge in [0.05, 0.1) is 6.61 Å². The average Bonchev–Trinajstić information content (AvgIpc) is 2.30. The molecule has 0 unspecified atom stereocenters. The van der Waals surface area contributed by atoms with E-state index in [2.05, 4.69) is 0 Å². The number of nitrogens with zero attached hydrogens (tertiary/aromatic N) is 1. The van der Waals surface area contributed by atoms with Gasteiger partial charge in [0.25, 0.3) is 0 Å². The van der Waals surface area contributed by atoms with Gasteiger partial charge in [-0.05, 0) is 19.3 Å². The zero-order valence-electron chi connectivity index (χ0n) is 6.63. The quantitative estimate of drug-likeness (QED) is 0.605. The van der Waals surface area contributed by atoms with E-state index in [0.717, 1.165) is 24.3 Å². The Labute approximate surface area is 69.2 Å². The lowest BCUT2D eigenvalue weighted by atomic mass is 10.2. The van der Waals surface area contributed by atoms with Crippen molar-refractivity contribution in [2.45, 2.75) is 25.7 Å². The SMILES string of the molecule is O=C(C(F)F)N1CCCCCO1. The lowest BCUT2D eigenvalue weighted by Crippen LogP contribution is -2.35. The van der Waals surface area contributed by atoms with E-state index in [1.165, 1.54) is 0 Å². The van der Waals surface area contributed by atoms with Crippen LogP contribution in [-0.4, -0.2) is 30.5 Å². The molecule has 1 heterocycles. The third-order valence-electron chi connectivity index (χ3n) is 1.69. The van der Waals surface area contributed by atoms with Crippen molar-refractivity contribution in [2.75, 3.05) is 13.2 Å². The molecule has 0 aromatic rings. The molecule has 1 rings (SSSR count). The number of hydrogen-bond acceptors (Lipinski definition) is 2. The van der Waals surface area contributed by atoms with Crippen molar-refractivity contribution >= 4 is 5.91 Å². The number of amides is 1. The molecule has 1 amide bonds. The molecule has 0 radical (unpaired) electrons. The van der Waals surface area contributed by atoms with Crippen LogP contribution in [-0.2, 0) is 9.63 Å². The van der Waals surface area contributed by atoms with Gasteiger partial charge in [-0.1, -0.05) is 0 Å². The van der Waals surface area contributed by atoms with Crippen molar-refractivity contribution in [3.63, 3.8) is 0 Å². The van der Waals surface area contributed by atoms with Gasteiger partial charge in [0, 0.05) is 6.54 Å². The van der Waals surface area contributed by atoms with Crippen LogP contribution in [0.2, 0.25) is 0 Å². The van der Waals surface area contributed by atoms with Crippen molar-refractivity contribution in [1.29, 1.82) is 0 Å². The Balaban J connectivity index is 2.43. The highest BCUT2D eigenvalue weighted by molar-refractivity contribution is 5.78. The fraction of sp³-hybridized carbons (Fsp3) is 0.857. The van der Waals surface area contributed by atoms with Gasteiger partial charge in [-0.2, -0.15) is 8.78 Å². The number of rotatable bonds is 1. The third kappa shape index (κ3) is 2.41. The number of halogens is 2. The summed E-state index contributed by atoms with van der Waals surface area (Å²) in [5, 5.41) is 0.775. The maximum atomic E-state index is 11.9. The molecule has 1 aliphatic heterocycles. The molecule has 0 saturated carbocycles. The lowest BCUT2D eigenvalue weighted by Gasteiger charge is -2.18.